The number of fused-ring (bicyclic) bond motifs is 1. The molecule has 4 heteroatoms. The minimum atomic E-state index is 0.176. The van der Waals surface area contributed by atoms with Gasteiger partial charge in [-0.2, -0.15) is 0 Å². The van der Waals surface area contributed by atoms with Gasteiger partial charge in [-0.25, -0.2) is 0 Å². The Labute approximate surface area is 132 Å². The summed E-state index contributed by atoms with van der Waals surface area (Å²) in [4.78, 5) is 12.2. The Hall–Kier alpha value is -1.71. The molecule has 120 valence electrons. The summed E-state index contributed by atoms with van der Waals surface area (Å²) in [7, 11) is 0. The maximum atomic E-state index is 12.2. The van der Waals surface area contributed by atoms with Gasteiger partial charge in [0.1, 0.15) is 17.6 Å². The molecule has 0 radical (unpaired) electrons. The van der Waals surface area contributed by atoms with E-state index in [1.165, 1.54) is 18.4 Å². The molecule has 22 heavy (non-hydrogen) atoms. The summed E-state index contributed by atoms with van der Waals surface area (Å²) >= 11 is 0. The van der Waals surface area contributed by atoms with E-state index in [0.717, 1.165) is 36.3 Å². The van der Waals surface area contributed by atoms with E-state index in [1.807, 2.05) is 13.0 Å². The minimum absolute atomic E-state index is 0.176. The second-order valence-electron chi connectivity index (χ2n) is 6.33. The molecule has 1 amide bonds. The summed E-state index contributed by atoms with van der Waals surface area (Å²) < 4.78 is 11.6. The Kier molecular flexibility index (Phi) is 4.55. The molecule has 1 aliphatic carbocycles. The van der Waals surface area contributed by atoms with Crippen molar-refractivity contribution in [3.63, 3.8) is 0 Å². The molecular weight excluding hydrogens is 278 g/mol. The van der Waals surface area contributed by atoms with Crippen LogP contribution in [0.2, 0.25) is 0 Å². The third kappa shape index (κ3) is 3.21. The molecule has 1 aliphatic heterocycles. The van der Waals surface area contributed by atoms with Crippen molar-refractivity contribution in [3.8, 4) is 11.5 Å². The molecule has 0 saturated heterocycles. The Bertz CT molecular complexity index is 550. The predicted molar refractivity (Wildman–Crippen MR) is 85.2 cm³/mol. The summed E-state index contributed by atoms with van der Waals surface area (Å²) in [5.41, 5.74) is 2.20. The van der Waals surface area contributed by atoms with E-state index in [2.05, 4.69) is 18.3 Å². The summed E-state index contributed by atoms with van der Waals surface area (Å²) in [5.74, 6) is 2.17. The number of hydrogen-bond donors (Lipinski definition) is 1. The van der Waals surface area contributed by atoms with E-state index in [9.17, 15) is 4.79 Å². The zero-order valence-electron chi connectivity index (χ0n) is 13.5. The molecule has 1 N–H and O–H groups in total. The van der Waals surface area contributed by atoms with Gasteiger partial charge in [-0.1, -0.05) is 12.8 Å². The van der Waals surface area contributed by atoms with E-state index >= 15 is 0 Å². The van der Waals surface area contributed by atoms with Crippen LogP contribution in [0.15, 0.2) is 12.1 Å². The van der Waals surface area contributed by atoms with Crippen molar-refractivity contribution < 1.29 is 14.3 Å². The van der Waals surface area contributed by atoms with Gasteiger partial charge in [0.2, 0.25) is 5.91 Å². The van der Waals surface area contributed by atoms with E-state index in [4.69, 9.17) is 9.47 Å². The fourth-order valence-electron chi connectivity index (χ4n) is 3.42. The zero-order chi connectivity index (χ0) is 15.5. The van der Waals surface area contributed by atoms with Crippen molar-refractivity contribution >= 4 is 5.91 Å². The van der Waals surface area contributed by atoms with Gasteiger partial charge in [-0.05, 0) is 38.8 Å². The third-order valence-electron chi connectivity index (χ3n) is 4.56. The van der Waals surface area contributed by atoms with Crippen LogP contribution in [-0.2, 0) is 17.8 Å². The molecule has 1 aromatic carbocycles. The Morgan fingerprint density at radius 1 is 1.36 bits per heavy atom. The fraction of sp³-hybridized carbons (Fsp3) is 0.611. The lowest BCUT2D eigenvalue weighted by Crippen LogP contribution is -2.28. The van der Waals surface area contributed by atoms with Crippen LogP contribution in [0.1, 0.15) is 50.7 Å². The topological polar surface area (TPSA) is 47.6 Å². The Balaban J connectivity index is 1.71. The van der Waals surface area contributed by atoms with E-state index in [0.29, 0.717) is 13.2 Å². The molecule has 0 spiro atoms. The zero-order valence-corrected chi connectivity index (χ0v) is 13.5. The van der Waals surface area contributed by atoms with Gasteiger partial charge in [0.15, 0.2) is 0 Å². The molecule has 1 fully saturated rings. The molecule has 0 bridgehead atoms. The number of rotatable bonds is 5. The van der Waals surface area contributed by atoms with Crippen molar-refractivity contribution in [1.82, 2.24) is 5.32 Å². The fourth-order valence-corrected chi connectivity index (χ4v) is 3.42. The molecule has 3 rings (SSSR count). The maximum Gasteiger partial charge on any atom is 0.223 e. The van der Waals surface area contributed by atoms with E-state index < -0.39 is 0 Å². The first-order chi connectivity index (χ1) is 10.7. The van der Waals surface area contributed by atoms with Crippen LogP contribution in [0.4, 0.5) is 0 Å². The van der Waals surface area contributed by atoms with E-state index in [1.54, 1.807) is 0 Å². The number of benzene rings is 1. The van der Waals surface area contributed by atoms with Crippen molar-refractivity contribution in [3.05, 3.63) is 23.3 Å². The lowest BCUT2D eigenvalue weighted by molar-refractivity contribution is -0.124. The van der Waals surface area contributed by atoms with Gasteiger partial charge in [-0.3, -0.25) is 4.79 Å². The Morgan fingerprint density at radius 2 is 2.14 bits per heavy atom. The van der Waals surface area contributed by atoms with Crippen LogP contribution in [0.3, 0.4) is 0 Å². The van der Waals surface area contributed by atoms with Crippen LogP contribution in [0.5, 0.6) is 11.5 Å². The highest BCUT2D eigenvalue weighted by atomic mass is 16.5. The SMILES string of the molecule is CCOc1cc2c(cc1CNC(=O)C1CCCC1)O[C@H](C)C2. The Morgan fingerprint density at radius 3 is 2.86 bits per heavy atom. The van der Waals surface area contributed by atoms with Crippen LogP contribution in [0.25, 0.3) is 0 Å². The standard InChI is InChI=1S/C18H25NO3/c1-3-21-16-9-14-8-12(2)22-17(14)10-15(16)11-19-18(20)13-6-4-5-7-13/h9-10,12-13H,3-8,11H2,1-2H3,(H,19,20)/t12-/m1/s1. The predicted octanol–water partition coefficient (Wildman–Crippen LogP) is 3.22. The van der Waals surface area contributed by atoms with Gasteiger partial charge in [0, 0.05) is 30.0 Å². The van der Waals surface area contributed by atoms with Crippen LogP contribution >= 0.6 is 0 Å². The van der Waals surface area contributed by atoms with Crippen molar-refractivity contribution in [2.45, 2.75) is 58.6 Å². The lowest BCUT2D eigenvalue weighted by atomic mass is 10.1. The first-order valence-corrected chi connectivity index (χ1v) is 8.40. The molecule has 0 unspecified atom stereocenters. The van der Waals surface area contributed by atoms with Gasteiger partial charge >= 0.3 is 0 Å². The highest BCUT2D eigenvalue weighted by Crippen LogP contribution is 2.35. The molecule has 1 aromatic rings. The number of nitrogens with one attached hydrogen (secondary N) is 1. The second kappa shape index (κ2) is 6.59. The summed E-state index contributed by atoms with van der Waals surface area (Å²) in [6.07, 6.45) is 5.53. The van der Waals surface area contributed by atoms with Gasteiger partial charge in [0.25, 0.3) is 0 Å². The lowest BCUT2D eigenvalue weighted by Gasteiger charge is -2.15. The monoisotopic (exact) mass is 303 g/mol. The normalized spacial score (nSPS) is 20.5. The molecule has 4 nitrogen and oxygen atoms in total. The number of hydrogen-bond acceptors (Lipinski definition) is 3. The average molecular weight is 303 g/mol. The maximum absolute atomic E-state index is 12.2. The first-order valence-electron chi connectivity index (χ1n) is 8.40. The van der Waals surface area contributed by atoms with Crippen molar-refractivity contribution in [2.75, 3.05) is 6.61 Å². The number of amides is 1. The van der Waals surface area contributed by atoms with Crippen LogP contribution in [0, 0.1) is 5.92 Å². The molecule has 1 saturated carbocycles. The molecule has 2 aliphatic rings. The highest BCUT2D eigenvalue weighted by Gasteiger charge is 2.24. The largest absolute Gasteiger partial charge is 0.494 e. The van der Waals surface area contributed by atoms with Crippen molar-refractivity contribution in [1.29, 1.82) is 0 Å². The molecule has 1 heterocycles. The number of ether oxygens (including phenoxy) is 2. The summed E-state index contributed by atoms with van der Waals surface area (Å²) in [5, 5.41) is 3.07. The van der Waals surface area contributed by atoms with Crippen LogP contribution in [-0.4, -0.2) is 18.6 Å². The van der Waals surface area contributed by atoms with Gasteiger partial charge in [0.05, 0.1) is 6.61 Å². The minimum Gasteiger partial charge on any atom is -0.494 e. The highest BCUT2D eigenvalue weighted by molar-refractivity contribution is 5.78. The smallest absolute Gasteiger partial charge is 0.223 e. The number of carbonyl (C=O) groups excluding carboxylic acids is 1. The quantitative estimate of drug-likeness (QED) is 0.908. The third-order valence-corrected chi connectivity index (χ3v) is 4.56. The summed E-state index contributed by atoms with van der Waals surface area (Å²) in [6.45, 7) is 5.18. The van der Waals surface area contributed by atoms with Crippen molar-refractivity contribution in [2.24, 2.45) is 5.92 Å². The first kappa shape index (κ1) is 15.2. The van der Waals surface area contributed by atoms with Gasteiger partial charge < -0.3 is 14.8 Å². The molecule has 1 atom stereocenters. The van der Waals surface area contributed by atoms with E-state index in [-0.39, 0.29) is 17.9 Å². The molecular formula is C18H25NO3. The molecule has 0 aromatic heterocycles. The van der Waals surface area contributed by atoms with Crippen LogP contribution < -0.4 is 14.8 Å². The average Bonchev–Trinajstić information content (AvgIpc) is 3.13. The second-order valence-corrected chi connectivity index (χ2v) is 6.33. The van der Waals surface area contributed by atoms with Gasteiger partial charge in [-0.15, -0.1) is 0 Å². The number of carbonyl (C=O) groups is 1. The summed E-state index contributed by atoms with van der Waals surface area (Å²) in [6, 6.07) is 4.10.